The number of sulfonamides is 1. The van der Waals surface area contributed by atoms with Gasteiger partial charge < -0.3 is 10.2 Å². The van der Waals surface area contributed by atoms with E-state index in [0.29, 0.717) is 30.8 Å². The maximum atomic E-state index is 12.8. The summed E-state index contributed by atoms with van der Waals surface area (Å²) in [5, 5.41) is 3.29. The molecule has 0 bridgehead atoms. The molecule has 28 heavy (non-hydrogen) atoms. The standard InChI is InChI=1S/C20H31N3O3S.ClH/c1-17-16-21-12-15-23(17)20(24)11-8-18-6-9-19(10-7-18)27(25,26)22-13-4-2-3-5-14-22;/h6-7,9-10,17,21H,2-5,8,11-16H2,1H3;1H. The van der Waals surface area contributed by atoms with E-state index in [1.54, 1.807) is 16.4 Å². The lowest BCUT2D eigenvalue weighted by atomic mass is 10.1. The molecule has 0 saturated carbocycles. The number of benzene rings is 1. The molecule has 2 fully saturated rings. The Hall–Kier alpha value is -1.15. The zero-order valence-electron chi connectivity index (χ0n) is 16.6. The Morgan fingerprint density at radius 1 is 1.07 bits per heavy atom. The second kappa shape index (κ2) is 10.6. The largest absolute Gasteiger partial charge is 0.337 e. The van der Waals surface area contributed by atoms with E-state index in [1.807, 2.05) is 17.0 Å². The van der Waals surface area contributed by atoms with Gasteiger partial charge >= 0.3 is 0 Å². The fourth-order valence-corrected chi connectivity index (χ4v) is 5.38. The van der Waals surface area contributed by atoms with Crippen LogP contribution in [0.4, 0.5) is 0 Å². The number of halogens is 1. The van der Waals surface area contributed by atoms with Gasteiger partial charge in [0.1, 0.15) is 0 Å². The highest BCUT2D eigenvalue weighted by Crippen LogP contribution is 2.21. The number of amides is 1. The normalized spacial score (nSPS) is 21.6. The number of hydrogen-bond acceptors (Lipinski definition) is 4. The Bertz CT molecular complexity index is 732. The van der Waals surface area contributed by atoms with Gasteiger partial charge in [0.05, 0.1) is 4.90 Å². The SMILES string of the molecule is CC1CNCCN1C(=O)CCc1ccc(S(=O)(=O)N2CCCCCC2)cc1.Cl. The molecule has 2 aliphatic rings. The van der Waals surface area contributed by atoms with Crippen molar-refractivity contribution in [1.29, 1.82) is 0 Å². The lowest BCUT2D eigenvalue weighted by molar-refractivity contribution is -0.133. The summed E-state index contributed by atoms with van der Waals surface area (Å²) >= 11 is 0. The summed E-state index contributed by atoms with van der Waals surface area (Å²) in [5.74, 6) is 0.172. The zero-order chi connectivity index (χ0) is 19.3. The molecule has 8 heteroatoms. The van der Waals surface area contributed by atoms with Crippen molar-refractivity contribution in [1.82, 2.24) is 14.5 Å². The van der Waals surface area contributed by atoms with Crippen molar-refractivity contribution in [2.45, 2.75) is 56.4 Å². The van der Waals surface area contributed by atoms with Gasteiger partial charge in [-0.25, -0.2) is 8.42 Å². The van der Waals surface area contributed by atoms with Gasteiger partial charge in [0.25, 0.3) is 0 Å². The van der Waals surface area contributed by atoms with E-state index in [9.17, 15) is 13.2 Å². The number of carbonyl (C=O) groups is 1. The molecule has 158 valence electrons. The van der Waals surface area contributed by atoms with Gasteiger partial charge in [0.2, 0.25) is 15.9 Å². The predicted molar refractivity (Wildman–Crippen MR) is 113 cm³/mol. The molecule has 1 amide bonds. The van der Waals surface area contributed by atoms with Gasteiger partial charge in [-0.2, -0.15) is 4.31 Å². The number of rotatable bonds is 5. The summed E-state index contributed by atoms with van der Waals surface area (Å²) in [5.41, 5.74) is 1.00. The molecule has 0 radical (unpaired) electrons. The third kappa shape index (κ3) is 5.69. The molecule has 2 saturated heterocycles. The van der Waals surface area contributed by atoms with Crippen LogP contribution >= 0.6 is 12.4 Å². The van der Waals surface area contributed by atoms with E-state index in [-0.39, 0.29) is 24.4 Å². The van der Waals surface area contributed by atoms with Crippen LogP contribution in [0.1, 0.15) is 44.6 Å². The smallest absolute Gasteiger partial charge is 0.243 e. The molecule has 0 aromatic heterocycles. The van der Waals surface area contributed by atoms with Crippen molar-refractivity contribution in [3.05, 3.63) is 29.8 Å². The quantitative estimate of drug-likeness (QED) is 0.780. The van der Waals surface area contributed by atoms with Crippen LogP contribution in [0.15, 0.2) is 29.2 Å². The Balaban J connectivity index is 0.00000280. The van der Waals surface area contributed by atoms with Crippen molar-refractivity contribution in [3.63, 3.8) is 0 Å². The van der Waals surface area contributed by atoms with Crippen LogP contribution in [0, 0.1) is 0 Å². The van der Waals surface area contributed by atoms with Crippen molar-refractivity contribution in [2.75, 3.05) is 32.7 Å². The van der Waals surface area contributed by atoms with E-state index in [1.165, 1.54) is 0 Å². The Morgan fingerprint density at radius 3 is 2.32 bits per heavy atom. The molecule has 1 unspecified atom stereocenters. The van der Waals surface area contributed by atoms with E-state index in [4.69, 9.17) is 0 Å². The molecule has 0 aliphatic carbocycles. The molecule has 1 aromatic rings. The van der Waals surface area contributed by atoms with Crippen LogP contribution in [0.2, 0.25) is 0 Å². The molecule has 1 atom stereocenters. The Kier molecular flexibility index (Phi) is 8.74. The molecule has 6 nitrogen and oxygen atoms in total. The summed E-state index contributed by atoms with van der Waals surface area (Å²) in [7, 11) is -3.41. The number of carbonyl (C=O) groups excluding carboxylic acids is 1. The first-order valence-corrected chi connectivity index (χ1v) is 11.5. The van der Waals surface area contributed by atoms with Gasteiger partial charge in [0, 0.05) is 45.2 Å². The van der Waals surface area contributed by atoms with Crippen molar-refractivity contribution >= 4 is 28.3 Å². The topological polar surface area (TPSA) is 69.7 Å². The van der Waals surface area contributed by atoms with Crippen LogP contribution in [0.25, 0.3) is 0 Å². The van der Waals surface area contributed by atoms with Crippen molar-refractivity contribution in [3.8, 4) is 0 Å². The molecule has 1 aromatic carbocycles. The summed E-state index contributed by atoms with van der Waals surface area (Å²) < 4.78 is 27.3. The number of nitrogens with zero attached hydrogens (tertiary/aromatic N) is 2. The molecule has 3 rings (SSSR count). The second-order valence-electron chi connectivity index (χ2n) is 7.60. The average molecular weight is 430 g/mol. The van der Waals surface area contributed by atoms with Gasteiger partial charge in [-0.3, -0.25) is 4.79 Å². The number of piperazine rings is 1. The third-order valence-electron chi connectivity index (χ3n) is 5.58. The van der Waals surface area contributed by atoms with Crippen molar-refractivity contribution in [2.24, 2.45) is 0 Å². The summed E-state index contributed by atoms with van der Waals surface area (Å²) in [6.45, 7) is 5.73. The van der Waals surface area contributed by atoms with Gasteiger partial charge in [0.15, 0.2) is 0 Å². The predicted octanol–water partition coefficient (Wildman–Crippen LogP) is 2.43. The highest BCUT2D eigenvalue weighted by atomic mass is 35.5. The van der Waals surface area contributed by atoms with Crippen LogP contribution in [-0.4, -0.2) is 62.3 Å². The fraction of sp³-hybridized carbons (Fsp3) is 0.650. The maximum absolute atomic E-state index is 12.8. The van der Waals surface area contributed by atoms with Crippen LogP contribution in [-0.2, 0) is 21.2 Å². The van der Waals surface area contributed by atoms with E-state index in [0.717, 1.165) is 50.9 Å². The fourth-order valence-electron chi connectivity index (χ4n) is 3.87. The minimum atomic E-state index is -3.41. The molecule has 2 heterocycles. The molecular weight excluding hydrogens is 398 g/mol. The monoisotopic (exact) mass is 429 g/mol. The first kappa shape index (κ1) is 23.1. The molecule has 1 N–H and O–H groups in total. The number of aryl methyl sites for hydroxylation is 1. The first-order chi connectivity index (χ1) is 13.0. The van der Waals surface area contributed by atoms with Crippen molar-refractivity contribution < 1.29 is 13.2 Å². The highest BCUT2D eigenvalue weighted by molar-refractivity contribution is 7.89. The Labute approximate surface area is 175 Å². The number of hydrogen-bond donors (Lipinski definition) is 1. The third-order valence-corrected chi connectivity index (χ3v) is 7.49. The summed E-state index contributed by atoms with van der Waals surface area (Å²) in [6, 6.07) is 7.30. The number of nitrogens with one attached hydrogen (secondary N) is 1. The van der Waals surface area contributed by atoms with E-state index < -0.39 is 10.0 Å². The minimum Gasteiger partial charge on any atom is -0.337 e. The maximum Gasteiger partial charge on any atom is 0.243 e. The molecule has 0 spiro atoms. The zero-order valence-corrected chi connectivity index (χ0v) is 18.2. The minimum absolute atomic E-state index is 0. The van der Waals surface area contributed by atoms with Gasteiger partial charge in [-0.1, -0.05) is 25.0 Å². The molecular formula is C20H32ClN3O3S. The van der Waals surface area contributed by atoms with Crippen LogP contribution in [0.5, 0.6) is 0 Å². The summed E-state index contributed by atoms with van der Waals surface area (Å²) in [6.07, 6.45) is 5.17. The second-order valence-corrected chi connectivity index (χ2v) is 9.54. The Morgan fingerprint density at radius 2 is 1.71 bits per heavy atom. The first-order valence-electron chi connectivity index (χ1n) is 10.1. The van der Waals surface area contributed by atoms with Crippen LogP contribution < -0.4 is 5.32 Å². The highest BCUT2D eigenvalue weighted by Gasteiger charge is 2.25. The van der Waals surface area contributed by atoms with Crippen LogP contribution in [0.3, 0.4) is 0 Å². The lowest BCUT2D eigenvalue weighted by Gasteiger charge is -2.34. The summed E-state index contributed by atoms with van der Waals surface area (Å²) in [4.78, 5) is 14.7. The van der Waals surface area contributed by atoms with E-state index >= 15 is 0 Å². The average Bonchev–Trinajstić information content (AvgIpc) is 2.97. The van der Waals surface area contributed by atoms with Gasteiger partial charge in [-0.15, -0.1) is 12.4 Å². The van der Waals surface area contributed by atoms with E-state index in [2.05, 4.69) is 12.2 Å². The van der Waals surface area contributed by atoms with Gasteiger partial charge in [-0.05, 0) is 43.9 Å². The molecule has 2 aliphatic heterocycles. The lowest BCUT2D eigenvalue weighted by Crippen LogP contribution is -2.52.